The Hall–Kier alpha value is -2.57. The van der Waals surface area contributed by atoms with Gasteiger partial charge in [-0.1, -0.05) is 23.7 Å². The molecule has 142 valence electrons. The van der Waals surface area contributed by atoms with Gasteiger partial charge in [-0.15, -0.1) is 0 Å². The molecule has 0 fully saturated rings. The number of amides is 1. The number of methoxy groups -OCH3 is 1. The Morgan fingerprint density at radius 3 is 2.56 bits per heavy atom. The first-order valence-electron chi connectivity index (χ1n) is 8.53. The Labute approximate surface area is 162 Å². The molecule has 1 N–H and O–H groups in total. The number of carbonyl (C=O) groups excluding carboxylic acids is 2. The fraction of sp³-hybridized carbons (Fsp3) is 0.300. The first-order chi connectivity index (χ1) is 12.9. The van der Waals surface area contributed by atoms with Crippen LogP contribution < -0.4 is 0 Å². The Balaban J connectivity index is 2.03. The zero-order chi connectivity index (χ0) is 19.6. The number of Topliss-reactive ketones (excluding diaryl/α,β-unsaturated/α-hetero) is 1. The molecule has 0 aliphatic carbocycles. The zero-order valence-electron chi connectivity index (χ0n) is 15.1. The minimum atomic E-state index is -0.718. The first kappa shape index (κ1) is 19.2. The molecule has 0 radical (unpaired) electrons. The monoisotopic (exact) mass is 389 g/mol. The Morgan fingerprint density at radius 1 is 1.26 bits per heavy atom. The molecule has 2 aromatic rings. The van der Waals surface area contributed by atoms with Gasteiger partial charge in [0.05, 0.1) is 11.6 Å². The summed E-state index contributed by atoms with van der Waals surface area (Å²) >= 11 is 5.97. The Morgan fingerprint density at radius 2 is 1.96 bits per heavy atom. The third-order valence-corrected chi connectivity index (χ3v) is 4.70. The van der Waals surface area contributed by atoms with Gasteiger partial charge < -0.3 is 19.2 Å². The van der Waals surface area contributed by atoms with Gasteiger partial charge in [0.2, 0.25) is 5.78 Å². The lowest BCUT2D eigenvalue weighted by molar-refractivity contribution is -0.129. The van der Waals surface area contributed by atoms with E-state index in [2.05, 4.69) is 0 Å². The summed E-state index contributed by atoms with van der Waals surface area (Å²) in [5.41, 5.74) is 0.690. The number of furan rings is 1. The molecule has 7 heteroatoms. The lowest BCUT2D eigenvalue weighted by Gasteiger charge is -2.26. The predicted octanol–water partition coefficient (Wildman–Crippen LogP) is 3.86. The van der Waals surface area contributed by atoms with E-state index in [0.717, 1.165) is 0 Å². The van der Waals surface area contributed by atoms with E-state index in [1.807, 2.05) is 0 Å². The number of halogens is 1. The molecule has 1 aliphatic heterocycles. The average molecular weight is 390 g/mol. The van der Waals surface area contributed by atoms with Gasteiger partial charge in [-0.25, -0.2) is 0 Å². The number of rotatable bonds is 7. The van der Waals surface area contributed by atoms with E-state index in [4.69, 9.17) is 20.8 Å². The molecule has 0 bridgehead atoms. The normalized spacial score (nSPS) is 17.1. The fourth-order valence-corrected chi connectivity index (χ4v) is 3.30. The highest BCUT2D eigenvalue weighted by molar-refractivity contribution is 6.30. The van der Waals surface area contributed by atoms with Crippen molar-refractivity contribution in [3.63, 3.8) is 0 Å². The Kier molecular flexibility index (Phi) is 5.68. The van der Waals surface area contributed by atoms with Crippen LogP contribution in [0.2, 0.25) is 5.02 Å². The van der Waals surface area contributed by atoms with Crippen LogP contribution in [-0.2, 0) is 9.53 Å². The number of carbonyl (C=O) groups is 2. The molecule has 1 unspecified atom stereocenters. The quantitative estimate of drug-likeness (QED) is 0.574. The summed E-state index contributed by atoms with van der Waals surface area (Å²) in [6, 6.07) is 9.33. The molecule has 1 aromatic carbocycles. The van der Waals surface area contributed by atoms with E-state index in [1.54, 1.807) is 44.4 Å². The number of ketones is 1. The van der Waals surface area contributed by atoms with Gasteiger partial charge in [0, 0.05) is 25.3 Å². The van der Waals surface area contributed by atoms with Crippen molar-refractivity contribution in [2.24, 2.45) is 0 Å². The molecule has 6 nitrogen and oxygen atoms in total. The lowest BCUT2D eigenvalue weighted by Crippen LogP contribution is -2.32. The van der Waals surface area contributed by atoms with Crippen LogP contribution in [0.1, 0.15) is 34.3 Å². The summed E-state index contributed by atoms with van der Waals surface area (Å²) in [5, 5.41) is 11.0. The maximum Gasteiger partial charge on any atom is 0.290 e. The largest absolute Gasteiger partial charge is 0.503 e. The van der Waals surface area contributed by atoms with Crippen LogP contribution in [0.5, 0.6) is 0 Å². The van der Waals surface area contributed by atoms with Gasteiger partial charge in [-0.05, 0) is 43.2 Å². The smallest absolute Gasteiger partial charge is 0.290 e. The van der Waals surface area contributed by atoms with Gasteiger partial charge >= 0.3 is 0 Å². The van der Waals surface area contributed by atoms with E-state index in [1.165, 1.54) is 11.0 Å². The van der Waals surface area contributed by atoms with Crippen molar-refractivity contribution in [1.82, 2.24) is 4.90 Å². The highest BCUT2D eigenvalue weighted by Crippen LogP contribution is 2.39. The molecule has 0 saturated heterocycles. The number of aliphatic hydroxyl groups is 1. The van der Waals surface area contributed by atoms with Gasteiger partial charge in [0.25, 0.3) is 5.91 Å². The highest BCUT2D eigenvalue weighted by Gasteiger charge is 2.44. The number of aliphatic hydroxyl groups excluding tert-OH is 1. The van der Waals surface area contributed by atoms with E-state index >= 15 is 0 Å². The average Bonchev–Trinajstić information content (AvgIpc) is 3.19. The lowest BCUT2D eigenvalue weighted by atomic mass is 9.95. The second-order valence-corrected chi connectivity index (χ2v) is 6.74. The molecule has 27 heavy (non-hydrogen) atoms. The zero-order valence-corrected chi connectivity index (χ0v) is 15.8. The first-order valence-corrected chi connectivity index (χ1v) is 8.91. The summed E-state index contributed by atoms with van der Waals surface area (Å²) in [4.78, 5) is 27.1. The number of hydrogen-bond acceptors (Lipinski definition) is 5. The van der Waals surface area contributed by atoms with Gasteiger partial charge in [0.1, 0.15) is 5.76 Å². The topological polar surface area (TPSA) is 80.0 Å². The van der Waals surface area contributed by atoms with Crippen LogP contribution in [0.3, 0.4) is 0 Å². The molecule has 2 heterocycles. The second kappa shape index (κ2) is 7.98. The Bertz CT molecular complexity index is 884. The summed E-state index contributed by atoms with van der Waals surface area (Å²) in [6.07, 6.45) is 0.570. The summed E-state index contributed by atoms with van der Waals surface area (Å²) in [6.45, 7) is 2.51. The summed E-state index contributed by atoms with van der Waals surface area (Å²) < 4.78 is 10.5. The van der Waals surface area contributed by atoms with Crippen LogP contribution in [0.4, 0.5) is 0 Å². The molecule has 1 aliphatic rings. The van der Waals surface area contributed by atoms with E-state index in [-0.39, 0.29) is 11.3 Å². The molecule has 1 atom stereocenters. The van der Waals surface area contributed by atoms with Gasteiger partial charge in [-0.3, -0.25) is 9.59 Å². The van der Waals surface area contributed by atoms with Gasteiger partial charge in [0.15, 0.2) is 11.5 Å². The number of benzene rings is 1. The van der Waals surface area contributed by atoms with Crippen LogP contribution in [0.25, 0.3) is 0 Å². The van der Waals surface area contributed by atoms with E-state index < -0.39 is 23.5 Å². The number of ether oxygens (including phenoxy) is 1. The third-order valence-electron chi connectivity index (χ3n) is 4.45. The molecular weight excluding hydrogens is 370 g/mol. The van der Waals surface area contributed by atoms with Crippen LogP contribution >= 0.6 is 11.6 Å². The maximum absolute atomic E-state index is 13.0. The van der Waals surface area contributed by atoms with Crippen molar-refractivity contribution in [3.8, 4) is 0 Å². The van der Waals surface area contributed by atoms with Crippen LogP contribution in [-0.4, -0.2) is 42.0 Å². The van der Waals surface area contributed by atoms with Crippen molar-refractivity contribution < 1.29 is 23.8 Å². The number of nitrogens with zero attached hydrogens (tertiary/aromatic N) is 1. The van der Waals surface area contributed by atoms with E-state index in [9.17, 15) is 14.7 Å². The van der Waals surface area contributed by atoms with Crippen LogP contribution in [0, 0.1) is 6.92 Å². The van der Waals surface area contributed by atoms with E-state index in [0.29, 0.717) is 35.9 Å². The van der Waals surface area contributed by atoms with Gasteiger partial charge in [-0.2, -0.15) is 0 Å². The summed E-state index contributed by atoms with van der Waals surface area (Å²) in [7, 11) is 1.58. The van der Waals surface area contributed by atoms with Crippen molar-refractivity contribution in [2.45, 2.75) is 19.4 Å². The van der Waals surface area contributed by atoms with Crippen molar-refractivity contribution in [2.75, 3.05) is 20.3 Å². The molecule has 1 aromatic heterocycles. The van der Waals surface area contributed by atoms with Crippen molar-refractivity contribution in [3.05, 3.63) is 69.8 Å². The SMILES string of the molecule is COCCCN1C(=O)C(O)=C(C(=O)c2ccc(C)o2)C1c1ccc(Cl)cc1. The predicted molar refractivity (Wildman–Crippen MR) is 99.8 cm³/mol. The summed E-state index contributed by atoms with van der Waals surface area (Å²) in [5.74, 6) is -0.991. The molecule has 0 saturated carbocycles. The molecule has 1 amide bonds. The molecular formula is C20H20ClNO5. The number of aryl methyl sites for hydroxylation is 1. The van der Waals surface area contributed by atoms with Crippen molar-refractivity contribution in [1.29, 1.82) is 0 Å². The number of hydrogen-bond donors (Lipinski definition) is 1. The maximum atomic E-state index is 13.0. The standard InChI is InChI=1S/C20H20ClNO5/c1-12-4-9-15(27-12)18(23)16-17(13-5-7-14(21)8-6-13)22(10-3-11-26-2)20(25)19(16)24/h4-9,17,24H,3,10-11H2,1-2H3. The minimum absolute atomic E-state index is 0.00842. The third kappa shape index (κ3) is 3.77. The minimum Gasteiger partial charge on any atom is -0.503 e. The fourth-order valence-electron chi connectivity index (χ4n) is 3.18. The van der Waals surface area contributed by atoms with Crippen molar-refractivity contribution >= 4 is 23.3 Å². The molecule has 3 rings (SSSR count). The highest BCUT2D eigenvalue weighted by atomic mass is 35.5. The molecule has 0 spiro atoms. The second-order valence-electron chi connectivity index (χ2n) is 6.30. The van der Waals surface area contributed by atoms with Crippen LogP contribution in [0.15, 0.2) is 52.1 Å².